The fourth-order valence-corrected chi connectivity index (χ4v) is 1.50. The van der Waals surface area contributed by atoms with Crippen LogP contribution in [0.2, 0.25) is 0 Å². The van der Waals surface area contributed by atoms with Crippen LogP contribution in [-0.4, -0.2) is 29.6 Å². The van der Waals surface area contributed by atoms with Gasteiger partial charge in [0.15, 0.2) is 5.96 Å². The van der Waals surface area contributed by atoms with E-state index in [2.05, 4.69) is 10.3 Å². The van der Waals surface area contributed by atoms with E-state index < -0.39 is 12.0 Å². The van der Waals surface area contributed by atoms with Crippen molar-refractivity contribution in [2.75, 3.05) is 11.9 Å². The number of aliphatic carboxylic acids is 1. The average molecular weight is 250 g/mol. The minimum absolute atomic E-state index is 0.0258. The van der Waals surface area contributed by atoms with Crippen LogP contribution in [0.4, 0.5) is 5.69 Å². The molecule has 0 aliphatic carbocycles. The van der Waals surface area contributed by atoms with Gasteiger partial charge in [0.1, 0.15) is 6.04 Å². The molecule has 0 bridgehead atoms. The molecule has 6 heteroatoms. The van der Waals surface area contributed by atoms with E-state index in [1.54, 1.807) is 0 Å². The standard InChI is InChI=1S/C12H18N4O2/c13-12(14)15-8-4-7-10(11(17)18)16-9-5-2-1-3-6-9/h1-3,5-6,10,16H,4,7-8H2,(H,17,18)(H4,13,14,15)/t10-/m0/s1. The van der Waals surface area contributed by atoms with Gasteiger partial charge in [0.2, 0.25) is 0 Å². The first kappa shape index (κ1) is 13.8. The second-order valence-corrected chi connectivity index (χ2v) is 3.85. The number of hydrogen-bond acceptors (Lipinski definition) is 3. The number of anilines is 1. The summed E-state index contributed by atoms with van der Waals surface area (Å²) in [5.41, 5.74) is 11.2. The molecular formula is C12H18N4O2. The maximum Gasteiger partial charge on any atom is 0.326 e. The number of carboxylic acids is 1. The van der Waals surface area contributed by atoms with E-state index in [1.807, 2.05) is 30.3 Å². The quantitative estimate of drug-likeness (QED) is 0.321. The van der Waals surface area contributed by atoms with Gasteiger partial charge < -0.3 is 21.9 Å². The van der Waals surface area contributed by atoms with Crippen LogP contribution in [0.5, 0.6) is 0 Å². The van der Waals surface area contributed by atoms with E-state index in [0.29, 0.717) is 19.4 Å². The number of para-hydroxylation sites is 1. The van der Waals surface area contributed by atoms with Crippen molar-refractivity contribution in [1.29, 1.82) is 0 Å². The number of hydrogen-bond donors (Lipinski definition) is 4. The van der Waals surface area contributed by atoms with Crippen LogP contribution in [0.15, 0.2) is 35.3 Å². The number of rotatable bonds is 7. The van der Waals surface area contributed by atoms with E-state index in [4.69, 9.17) is 16.6 Å². The minimum atomic E-state index is -0.886. The number of nitrogens with zero attached hydrogens (tertiary/aromatic N) is 1. The Bertz CT molecular complexity index is 402. The van der Waals surface area contributed by atoms with Crippen LogP contribution < -0.4 is 16.8 Å². The molecule has 1 aromatic carbocycles. The van der Waals surface area contributed by atoms with Gasteiger partial charge >= 0.3 is 5.97 Å². The summed E-state index contributed by atoms with van der Waals surface area (Å²) in [6.07, 6.45) is 1.07. The maximum absolute atomic E-state index is 11.1. The Morgan fingerprint density at radius 3 is 2.56 bits per heavy atom. The molecule has 1 rings (SSSR count). The molecule has 1 aromatic rings. The topological polar surface area (TPSA) is 114 Å². The Hall–Kier alpha value is -2.24. The molecule has 0 fully saturated rings. The first-order valence-corrected chi connectivity index (χ1v) is 5.69. The second-order valence-electron chi connectivity index (χ2n) is 3.85. The van der Waals surface area contributed by atoms with Crippen molar-refractivity contribution in [2.45, 2.75) is 18.9 Å². The molecule has 0 saturated heterocycles. The fraction of sp³-hybridized carbons (Fsp3) is 0.333. The molecule has 6 nitrogen and oxygen atoms in total. The van der Waals surface area contributed by atoms with Gasteiger partial charge in [0.25, 0.3) is 0 Å². The monoisotopic (exact) mass is 250 g/mol. The molecule has 6 N–H and O–H groups in total. The summed E-state index contributed by atoms with van der Waals surface area (Å²) in [7, 11) is 0. The highest BCUT2D eigenvalue weighted by molar-refractivity contribution is 5.77. The van der Waals surface area contributed by atoms with Gasteiger partial charge in [0.05, 0.1) is 0 Å². The molecule has 0 unspecified atom stereocenters. The van der Waals surface area contributed by atoms with E-state index in [9.17, 15) is 4.79 Å². The smallest absolute Gasteiger partial charge is 0.326 e. The number of benzene rings is 1. The Labute approximate surface area is 106 Å². The van der Waals surface area contributed by atoms with Gasteiger partial charge in [0, 0.05) is 12.2 Å². The Morgan fingerprint density at radius 2 is 2.00 bits per heavy atom. The minimum Gasteiger partial charge on any atom is -0.480 e. The summed E-state index contributed by atoms with van der Waals surface area (Å²) < 4.78 is 0. The van der Waals surface area contributed by atoms with Crippen LogP contribution in [0, 0.1) is 0 Å². The fourth-order valence-electron chi connectivity index (χ4n) is 1.50. The summed E-state index contributed by atoms with van der Waals surface area (Å²) in [6.45, 7) is 0.433. The third-order valence-electron chi connectivity index (χ3n) is 2.36. The molecule has 98 valence electrons. The van der Waals surface area contributed by atoms with E-state index >= 15 is 0 Å². The molecule has 0 aliphatic rings. The number of aliphatic imine (C=N–C) groups is 1. The molecule has 18 heavy (non-hydrogen) atoms. The summed E-state index contributed by atoms with van der Waals surface area (Å²) in [5.74, 6) is -0.860. The lowest BCUT2D eigenvalue weighted by molar-refractivity contribution is -0.138. The van der Waals surface area contributed by atoms with Gasteiger partial charge in [-0.2, -0.15) is 0 Å². The highest BCUT2D eigenvalue weighted by Gasteiger charge is 2.16. The van der Waals surface area contributed by atoms with Crippen LogP contribution >= 0.6 is 0 Å². The van der Waals surface area contributed by atoms with Crippen molar-refractivity contribution < 1.29 is 9.90 Å². The molecular weight excluding hydrogens is 232 g/mol. The number of nitrogens with two attached hydrogens (primary N) is 2. The Balaban J connectivity index is 2.46. The predicted octanol–water partition coefficient (Wildman–Crippen LogP) is 0.605. The van der Waals surface area contributed by atoms with Crippen molar-refractivity contribution in [3.63, 3.8) is 0 Å². The Kier molecular flexibility index (Phi) is 5.50. The summed E-state index contributed by atoms with van der Waals surface area (Å²) in [4.78, 5) is 14.9. The zero-order valence-corrected chi connectivity index (χ0v) is 10.0. The van der Waals surface area contributed by atoms with E-state index in [0.717, 1.165) is 5.69 Å². The number of guanidine groups is 1. The molecule has 0 heterocycles. The Morgan fingerprint density at radius 1 is 1.33 bits per heavy atom. The van der Waals surface area contributed by atoms with Crippen LogP contribution in [-0.2, 0) is 4.79 Å². The summed E-state index contributed by atoms with van der Waals surface area (Å²) in [6, 6.07) is 8.58. The molecule has 0 aromatic heterocycles. The highest BCUT2D eigenvalue weighted by atomic mass is 16.4. The van der Waals surface area contributed by atoms with Crippen molar-refractivity contribution in [1.82, 2.24) is 0 Å². The highest BCUT2D eigenvalue weighted by Crippen LogP contribution is 2.10. The van der Waals surface area contributed by atoms with Gasteiger partial charge in [-0.1, -0.05) is 18.2 Å². The number of nitrogens with one attached hydrogen (secondary N) is 1. The van der Waals surface area contributed by atoms with Crippen molar-refractivity contribution in [3.05, 3.63) is 30.3 Å². The largest absolute Gasteiger partial charge is 0.480 e. The van der Waals surface area contributed by atoms with E-state index in [-0.39, 0.29) is 5.96 Å². The SMILES string of the molecule is NC(N)=NCCC[C@H](Nc1ccccc1)C(=O)O. The molecule has 1 atom stereocenters. The predicted molar refractivity (Wildman–Crippen MR) is 71.4 cm³/mol. The molecule has 0 amide bonds. The lowest BCUT2D eigenvalue weighted by atomic mass is 10.1. The van der Waals surface area contributed by atoms with Gasteiger partial charge in [-0.15, -0.1) is 0 Å². The van der Waals surface area contributed by atoms with Crippen LogP contribution in [0.25, 0.3) is 0 Å². The molecule has 0 radical (unpaired) electrons. The number of carboxylic acid groups (broad SMARTS) is 1. The third kappa shape index (κ3) is 5.20. The van der Waals surface area contributed by atoms with E-state index in [1.165, 1.54) is 0 Å². The summed E-state index contributed by atoms with van der Waals surface area (Å²) >= 11 is 0. The van der Waals surface area contributed by atoms with Gasteiger partial charge in [-0.05, 0) is 25.0 Å². The van der Waals surface area contributed by atoms with Crippen LogP contribution in [0.3, 0.4) is 0 Å². The van der Waals surface area contributed by atoms with Crippen molar-refractivity contribution >= 4 is 17.6 Å². The first-order valence-electron chi connectivity index (χ1n) is 5.69. The molecule has 0 spiro atoms. The van der Waals surface area contributed by atoms with Gasteiger partial charge in [-0.3, -0.25) is 4.99 Å². The maximum atomic E-state index is 11.1. The zero-order valence-electron chi connectivity index (χ0n) is 10.0. The summed E-state index contributed by atoms with van der Waals surface area (Å²) in [5, 5.41) is 12.1. The van der Waals surface area contributed by atoms with Crippen molar-refractivity contribution in [3.8, 4) is 0 Å². The average Bonchev–Trinajstić information content (AvgIpc) is 2.33. The normalized spacial score (nSPS) is 11.6. The third-order valence-corrected chi connectivity index (χ3v) is 2.36. The molecule has 0 aliphatic heterocycles. The second kappa shape index (κ2) is 7.16. The van der Waals surface area contributed by atoms with Gasteiger partial charge in [-0.25, -0.2) is 4.79 Å². The van der Waals surface area contributed by atoms with Crippen LogP contribution in [0.1, 0.15) is 12.8 Å². The lowest BCUT2D eigenvalue weighted by Gasteiger charge is -2.15. The first-order chi connectivity index (χ1) is 8.59. The zero-order chi connectivity index (χ0) is 13.4. The number of carbonyl (C=O) groups is 1. The lowest BCUT2D eigenvalue weighted by Crippen LogP contribution is -2.29. The molecule has 0 saturated carbocycles. The van der Waals surface area contributed by atoms with Crippen molar-refractivity contribution in [2.24, 2.45) is 16.5 Å².